The van der Waals surface area contributed by atoms with E-state index in [1.807, 2.05) is 25.1 Å². The Balaban J connectivity index is 1.73. The van der Waals surface area contributed by atoms with E-state index in [4.69, 9.17) is 14.7 Å². The Morgan fingerprint density at radius 2 is 1.97 bits per heavy atom. The van der Waals surface area contributed by atoms with Gasteiger partial charge in [-0.3, -0.25) is 4.90 Å². The molecule has 1 atom stereocenters. The van der Waals surface area contributed by atoms with Gasteiger partial charge in [0.25, 0.3) is 0 Å². The average molecular weight is 440 g/mol. The third-order valence-electron chi connectivity index (χ3n) is 5.38. The summed E-state index contributed by atoms with van der Waals surface area (Å²) in [5.74, 6) is 1.01. The van der Waals surface area contributed by atoms with Crippen molar-refractivity contribution >= 4 is 5.96 Å². The van der Waals surface area contributed by atoms with E-state index in [1.165, 1.54) is 11.6 Å². The van der Waals surface area contributed by atoms with Crippen molar-refractivity contribution in [3.8, 4) is 11.8 Å². The normalized spacial score (nSPS) is 15.6. The maximum Gasteiger partial charge on any atom is 0.191 e. The molecular weight excluding hydrogens is 409 g/mol. The highest BCUT2D eigenvalue weighted by molar-refractivity contribution is 5.79. The van der Waals surface area contributed by atoms with Crippen molar-refractivity contribution in [2.24, 2.45) is 4.99 Å². The van der Waals surface area contributed by atoms with Crippen molar-refractivity contribution in [1.82, 2.24) is 15.5 Å². The van der Waals surface area contributed by atoms with Crippen LogP contribution in [0.1, 0.15) is 29.7 Å². The molecule has 32 heavy (non-hydrogen) atoms. The second kappa shape index (κ2) is 12.0. The lowest BCUT2D eigenvalue weighted by Gasteiger charge is -2.35. The molecule has 1 aliphatic heterocycles. The number of ether oxygens (including phenoxy) is 2. The molecule has 8 heteroatoms. The van der Waals surface area contributed by atoms with Crippen molar-refractivity contribution in [1.29, 1.82) is 5.26 Å². The fourth-order valence-corrected chi connectivity index (χ4v) is 3.62. The van der Waals surface area contributed by atoms with Crippen LogP contribution in [-0.4, -0.2) is 57.4 Å². The van der Waals surface area contributed by atoms with Gasteiger partial charge in [-0.2, -0.15) is 5.26 Å². The van der Waals surface area contributed by atoms with Gasteiger partial charge in [-0.1, -0.05) is 18.2 Å². The maximum absolute atomic E-state index is 14.2. The SMILES string of the molecule is CCNC(=NCc1ccc(C#N)cc1F)NCC(c1ccc(OC)cc1)N1CCOCC1. The van der Waals surface area contributed by atoms with E-state index in [1.54, 1.807) is 19.2 Å². The van der Waals surface area contributed by atoms with E-state index >= 15 is 0 Å². The molecule has 0 amide bonds. The van der Waals surface area contributed by atoms with Crippen LogP contribution in [0.5, 0.6) is 5.75 Å². The first-order valence-corrected chi connectivity index (χ1v) is 10.8. The summed E-state index contributed by atoms with van der Waals surface area (Å²) in [6, 6.07) is 14.6. The first kappa shape index (κ1) is 23.5. The van der Waals surface area contributed by atoms with Gasteiger partial charge in [0, 0.05) is 31.7 Å². The number of nitrogens with zero attached hydrogens (tertiary/aromatic N) is 3. The molecule has 2 N–H and O–H groups in total. The van der Waals surface area contributed by atoms with E-state index in [0.717, 1.165) is 18.8 Å². The summed E-state index contributed by atoms with van der Waals surface area (Å²) in [5.41, 5.74) is 1.92. The van der Waals surface area contributed by atoms with Gasteiger partial charge < -0.3 is 20.1 Å². The number of halogens is 1. The first-order valence-electron chi connectivity index (χ1n) is 10.8. The lowest BCUT2D eigenvalue weighted by Crippen LogP contribution is -2.46. The summed E-state index contributed by atoms with van der Waals surface area (Å²) in [5, 5.41) is 15.5. The van der Waals surface area contributed by atoms with Crippen LogP contribution in [0.4, 0.5) is 4.39 Å². The third-order valence-corrected chi connectivity index (χ3v) is 5.38. The van der Waals surface area contributed by atoms with Crippen LogP contribution < -0.4 is 15.4 Å². The summed E-state index contributed by atoms with van der Waals surface area (Å²) in [4.78, 5) is 6.94. The van der Waals surface area contributed by atoms with Crippen molar-refractivity contribution in [2.45, 2.75) is 19.5 Å². The van der Waals surface area contributed by atoms with Crippen LogP contribution in [0.3, 0.4) is 0 Å². The zero-order chi connectivity index (χ0) is 22.8. The molecule has 0 spiro atoms. The molecule has 0 saturated carbocycles. The molecule has 1 aliphatic rings. The number of morpholine rings is 1. The van der Waals surface area contributed by atoms with Gasteiger partial charge in [0.2, 0.25) is 0 Å². The van der Waals surface area contributed by atoms with Crippen LogP contribution in [0, 0.1) is 17.1 Å². The second-order valence-corrected chi connectivity index (χ2v) is 7.43. The summed E-state index contributed by atoms with van der Waals surface area (Å²) >= 11 is 0. The van der Waals surface area contributed by atoms with E-state index in [0.29, 0.717) is 43.4 Å². The number of nitriles is 1. The largest absolute Gasteiger partial charge is 0.497 e. The Morgan fingerprint density at radius 1 is 1.22 bits per heavy atom. The average Bonchev–Trinajstić information content (AvgIpc) is 2.84. The molecule has 1 saturated heterocycles. The number of aliphatic imine (C=N–C) groups is 1. The molecule has 0 radical (unpaired) electrons. The lowest BCUT2D eigenvalue weighted by atomic mass is 10.0. The van der Waals surface area contributed by atoms with Crippen LogP contribution in [0.15, 0.2) is 47.5 Å². The molecule has 2 aromatic carbocycles. The number of nitrogens with one attached hydrogen (secondary N) is 2. The topological polar surface area (TPSA) is 81.9 Å². The molecule has 1 fully saturated rings. The van der Waals surface area contributed by atoms with Crippen molar-refractivity contribution in [3.63, 3.8) is 0 Å². The molecule has 0 bridgehead atoms. The number of rotatable bonds is 8. The Bertz CT molecular complexity index is 936. The highest BCUT2D eigenvalue weighted by Crippen LogP contribution is 2.23. The predicted molar refractivity (Wildman–Crippen MR) is 122 cm³/mol. The molecule has 1 heterocycles. The number of hydrogen-bond acceptors (Lipinski definition) is 5. The zero-order valence-corrected chi connectivity index (χ0v) is 18.6. The molecule has 1 unspecified atom stereocenters. The van der Waals surface area contributed by atoms with E-state index < -0.39 is 5.82 Å². The first-order chi connectivity index (χ1) is 15.6. The Hall–Kier alpha value is -3.15. The van der Waals surface area contributed by atoms with Crippen LogP contribution in [0.25, 0.3) is 0 Å². The monoisotopic (exact) mass is 439 g/mol. The molecule has 0 aromatic heterocycles. The van der Waals surface area contributed by atoms with E-state index in [-0.39, 0.29) is 12.6 Å². The Kier molecular flexibility index (Phi) is 8.84. The van der Waals surface area contributed by atoms with Crippen molar-refractivity contribution in [2.75, 3.05) is 46.5 Å². The number of guanidine groups is 1. The van der Waals surface area contributed by atoms with Gasteiger partial charge in [0.05, 0.1) is 44.5 Å². The number of methoxy groups -OCH3 is 1. The van der Waals surface area contributed by atoms with Crippen LogP contribution in [0.2, 0.25) is 0 Å². The molecule has 7 nitrogen and oxygen atoms in total. The minimum absolute atomic E-state index is 0.125. The summed E-state index contributed by atoms with van der Waals surface area (Å²) in [7, 11) is 1.66. The lowest BCUT2D eigenvalue weighted by molar-refractivity contribution is 0.0170. The standard InChI is InChI=1S/C24H30FN5O2/c1-3-27-24(28-16-20-5-4-18(15-26)14-22(20)25)29-17-23(30-10-12-32-13-11-30)19-6-8-21(31-2)9-7-19/h4-9,14,23H,3,10-13,16-17H2,1-2H3,(H2,27,28,29). The Labute approximate surface area is 188 Å². The van der Waals surface area contributed by atoms with Gasteiger partial charge in [-0.15, -0.1) is 0 Å². The molecule has 2 aromatic rings. The summed E-state index contributed by atoms with van der Waals surface area (Å²) in [6.07, 6.45) is 0. The van der Waals surface area contributed by atoms with E-state index in [2.05, 4.69) is 32.7 Å². The van der Waals surface area contributed by atoms with Gasteiger partial charge in [-0.25, -0.2) is 9.38 Å². The third kappa shape index (κ3) is 6.42. The molecule has 0 aliphatic carbocycles. The molecule has 170 valence electrons. The Morgan fingerprint density at radius 3 is 2.59 bits per heavy atom. The van der Waals surface area contributed by atoms with Gasteiger partial charge in [0.15, 0.2) is 5.96 Å². The van der Waals surface area contributed by atoms with Gasteiger partial charge in [0.1, 0.15) is 11.6 Å². The minimum Gasteiger partial charge on any atom is -0.497 e. The predicted octanol–water partition coefficient (Wildman–Crippen LogP) is 2.83. The summed E-state index contributed by atoms with van der Waals surface area (Å²) < 4.78 is 25.0. The maximum atomic E-state index is 14.2. The second-order valence-electron chi connectivity index (χ2n) is 7.43. The molecule has 3 rings (SSSR count). The van der Waals surface area contributed by atoms with Gasteiger partial charge >= 0.3 is 0 Å². The zero-order valence-electron chi connectivity index (χ0n) is 18.6. The number of hydrogen-bond donors (Lipinski definition) is 2. The quantitative estimate of drug-likeness (QED) is 0.486. The molecular formula is C24H30FN5O2. The highest BCUT2D eigenvalue weighted by Gasteiger charge is 2.23. The smallest absolute Gasteiger partial charge is 0.191 e. The van der Waals surface area contributed by atoms with Crippen LogP contribution in [-0.2, 0) is 11.3 Å². The van der Waals surface area contributed by atoms with Crippen molar-refractivity contribution in [3.05, 3.63) is 65.0 Å². The fraction of sp³-hybridized carbons (Fsp3) is 0.417. The summed E-state index contributed by atoms with van der Waals surface area (Å²) in [6.45, 7) is 6.60. The fourth-order valence-electron chi connectivity index (χ4n) is 3.62. The highest BCUT2D eigenvalue weighted by atomic mass is 19.1. The minimum atomic E-state index is -0.423. The van der Waals surface area contributed by atoms with Gasteiger partial charge in [-0.05, 0) is 36.8 Å². The van der Waals surface area contributed by atoms with Crippen molar-refractivity contribution < 1.29 is 13.9 Å². The van der Waals surface area contributed by atoms with Crippen LogP contribution >= 0.6 is 0 Å². The number of benzene rings is 2. The van der Waals surface area contributed by atoms with E-state index in [9.17, 15) is 4.39 Å².